The first-order valence-electron chi connectivity index (χ1n) is 36.3. The van der Waals surface area contributed by atoms with E-state index in [9.17, 15) is 14.4 Å². The minimum atomic E-state index is -0.774. The van der Waals surface area contributed by atoms with E-state index < -0.39 is 6.10 Å². The molecule has 0 aromatic carbocycles. The number of rotatable bonds is 67. The fourth-order valence-corrected chi connectivity index (χ4v) is 10.9. The second-order valence-corrected chi connectivity index (χ2v) is 24.5. The van der Waals surface area contributed by atoms with Crippen LogP contribution >= 0.6 is 0 Å². The van der Waals surface area contributed by atoms with E-state index in [4.69, 9.17) is 14.2 Å². The third-order valence-corrected chi connectivity index (χ3v) is 16.2. The van der Waals surface area contributed by atoms with E-state index in [1.165, 1.54) is 250 Å². The topological polar surface area (TPSA) is 78.9 Å². The molecule has 0 radical (unpaired) electrons. The molecule has 0 N–H and O–H groups in total. The molecule has 0 amide bonds. The lowest BCUT2D eigenvalue weighted by Crippen LogP contribution is -2.30. The van der Waals surface area contributed by atoms with Gasteiger partial charge in [0.05, 0.1) is 0 Å². The Morgan fingerprint density at radius 2 is 0.500 bits per heavy atom. The fraction of sp³-hybridized carbons (Fsp3) is 0.829. The van der Waals surface area contributed by atoms with Gasteiger partial charge in [-0.05, 0) is 77.0 Å². The van der Waals surface area contributed by atoms with Crippen LogP contribution in [0.1, 0.15) is 387 Å². The van der Waals surface area contributed by atoms with Crippen LogP contribution in [0, 0.1) is 0 Å². The maximum absolute atomic E-state index is 12.9. The highest BCUT2D eigenvalue weighted by Gasteiger charge is 2.19. The van der Waals surface area contributed by atoms with E-state index in [1.807, 2.05) is 0 Å². The normalized spacial score (nSPS) is 12.4. The molecular formula is C76H138O6. The lowest BCUT2D eigenvalue weighted by Gasteiger charge is -2.18. The number of esters is 3. The molecule has 0 heterocycles. The van der Waals surface area contributed by atoms with Crippen LogP contribution in [-0.4, -0.2) is 37.2 Å². The summed E-state index contributed by atoms with van der Waals surface area (Å²) in [5.74, 6) is -0.855. The summed E-state index contributed by atoms with van der Waals surface area (Å²) >= 11 is 0. The molecular weight excluding hydrogens is 1010 g/mol. The largest absolute Gasteiger partial charge is 0.462 e. The van der Waals surface area contributed by atoms with Gasteiger partial charge in [-0.2, -0.15) is 0 Å². The van der Waals surface area contributed by atoms with Gasteiger partial charge in [-0.25, -0.2) is 0 Å². The average molecular weight is 1150 g/mol. The first-order valence-corrected chi connectivity index (χ1v) is 36.3. The number of carbonyl (C=O) groups excluding carboxylic acids is 3. The molecule has 0 spiro atoms. The van der Waals surface area contributed by atoms with Gasteiger partial charge in [-0.15, -0.1) is 0 Å². The average Bonchev–Trinajstić information content (AvgIpc) is 3.47. The third-order valence-electron chi connectivity index (χ3n) is 16.2. The maximum Gasteiger partial charge on any atom is 0.306 e. The molecule has 0 aromatic rings. The number of allylic oxidation sites excluding steroid dienone is 10. The van der Waals surface area contributed by atoms with Gasteiger partial charge in [0.15, 0.2) is 6.10 Å². The highest BCUT2D eigenvalue weighted by molar-refractivity contribution is 5.71. The summed E-state index contributed by atoms with van der Waals surface area (Å²) < 4.78 is 17.0. The number of hydrogen-bond donors (Lipinski definition) is 0. The highest BCUT2D eigenvalue weighted by Crippen LogP contribution is 2.19. The lowest BCUT2D eigenvalue weighted by molar-refractivity contribution is -0.167. The monoisotopic (exact) mass is 1150 g/mol. The molecule has 0 aliphatic heterocycles. The SMILES string of the molecule is CC/C=C\C/C=C\C/C=C\C/C=C\CCCCCCCCCCCCCCCCCCCCC(=O)OCC(COC(=O)CCCCCCC/C=C\CCC)OC(=O)CCCCCCCCCCCCCCCCCCCCCCCCC. The van der Waals surface area contributed by atoms with Crippen molar-refractivity contribution in [2.75, 3.05) is 13.2 Å². The van der Waals surface area contributed by atoms with E-state index in [0.717, 1.165) is 96.3 Å². The number of unbranched alkanes of at least 4 members (excludes halogenated alkanes) is 46. The Balaban J connectivity index is 4.10. The van der Waals surface area contributed by atoms with Crippen molar-refractivity contribution in [2.24, 2.45) is 0 Å². The lowest BCUT2D eigenvalue weighted by atomic mass is 10.0. The van der Waals surface area contributed by atoms with Gasteiger partial charge in [0.2, 0.25) is 0 Å². The van der Waals surface area contributed by atoms with Gasteiger partial charge in [0, 0.05) is 19.3 Å². The molecule has 0 rings (SSSR count). The van der Waals surface area contributed by atoms with Crippen LogP contribution in [0.4, 0.5) is 0 Å². The predicted octanol–water partition coefficient (Wildman–Crippen LogP) is 25.1. The molecule has 0 aliphatic rings. The first-order chi connectivity index (χ1) is 40.5. The molecule has 0 fully saturated rings. The summed E-state index contributed by atoms with van der Waals surface area (Å²) in [4.78, 5) is 38.4. The molecule has 82 heavy (non-hydrogen) atoms. The molecule has 0 saturated heterocycles. The summed E-state index contributed by atoms with van der Waals surface area (Å²) in [6.45, 7) is 6.53. The molecule has 0 aliphatic carbocycles. The zero-order valence-electron chi connectivity index (χ0n) is 55.0. The Bertz CT molecular complexity index is 1460. The molecule has 0 aromatic heterocycles. The maximum atomic E-state index is 12.9. The van der Waals surface area contributed by atoms with E-state index in [1.54, 1.807) is 0 Å². The summed E-state index contributed by atoms with van der Waals surface area (Å²) in [7, 11) is 0. The van der Waals surface area contributed by atoms with Crippen molar-refractivity contribution in [3.8, 4) is 0 Å². The summed E-state index contributed by atoms with van der Waals surface area (Å²) in [6.07, 6.45) is 91.4. The van der Waals surface area contributed by atoms with Gasteiger partial charge in [-0.3, -0.25) is 14.4 Å². The third kappa shape index (κ3) is 67.9. The highest BCUT2D eigenvalue weighted by atomic mass is 16.6. The van der Waals surface area contributed by atoms with Crippen molar-refractivity contribution in [2.45, 2.75) is 393 Å². The molecule has 1 unspecified atom stereocenters. The second-order valence-electron chi connectivity index (χ2n) is 24.5. The van der Waals surface area contributed by atoms with Gasteiger partial charge >= 0.3 is 17.9 Å². The van der Waals surface area contributed by atoms with Crippen LogP contribution in [0.5, 0.6) is 0 Å². The minimum absolute atomic E-state index is 0.0709. The first kappa shape index (κ1) is 79.1. The van der Waals surface area contributed by atoms with Crippen LogP contribution in [-0.2, 0) is 28.6 Å². The van der Waals surface area contributed by atoms with Gasteiger partial charge < -0.3 is 14.2 Å². The summed E-state index contributed by atoms with van der Waals surface area (Å²) in [6, 6.07) is 0. The Morgan fingerprint density at radius 1 is 0.256 bits per heavy atom. The molecule has 478 valence electrons. The Labute approximate surface area is 510 Å². The van der Waals surface area contributed by atoms with Crippen LogP contribution in [0.2, 0.25) is 0 Å². The minimum Gasteiger partial charge on any atom is -0.462 e. The van der Waals surface area contributed by atoms with Crippen LogP contribution in [0.3, 0.4) is 0 Å². The van der Waals surface area contributed by atoms with Crippen molar-refractivity contribution in [1.29, 1.82) is 0 Å². The van der Waals surface area contributed by atoms with E-state index in [-0.39, 0.29) is 31.1 Å². The van der Waals surface area contributed by atoms with Gasteiger partial charge in [0.1, 0.15) is 13.2 Å². The predicted molar refractivity (Wildman–Crippen MR) is 358 cm³/mol. The standard InChI is InChI=1S/C76H138O6/c1-4-7-10-13-16-19-22-24-26-28-30-32-34-35-36-37-38-39-40-41-43-44-46-48-50-52-54-57-60-63-66-69-75(78)81-72-73(71-80-74(77)68-65-62-59-56-21-18-15-12-9-6-3)82-76(79)70-67-64-61-58-55-53-51-49-47-45-42-33-31-29-27-25-23-20-17-14-11-8-5-2/h7,10,12,15-16,19,24,26,30,32,73H,4-6,8-9,11,13-14,17-18,20-23,25,27-29,31,33-72H2,1-3H3/b10-7-,15-12-,19-16-,26-24-,32-30-. The van der Waals surface area contributed by atoms with Crippen molar-refractivity contribution < 1.29 is 28.6 Å². The second kappa shape index (κ2) is 70.6. The van der Waals surface area contributed by atoms with Crippen LogP contribution in [0.25, 0.3) is 0 Å². The van der Waals surface area contributed by atoms with Crippen LogP contribution < -0.4 is 0 Å². The number of hydrogen-bond acceptors (Lipinski definition) is 6. The molecule has 0 saturated carbocycles. The van der Waals surface area contributed by atoms with Gasteiger partial charge in [0.25, 0.3) is 0 Å². The summed E-state index contributed by atoms with van der Waals surface area (Å²) in [5, 5.41) is 0. The van der Waals surface area contributed by atoms with Crippen molar-refractivity contribution in [1.82, 2.24) is 0 Å². The van der Waals surface area contributed by atoms with E-state index >= 15 is 0 Å². The number of ether oxygens (including phenoxy) is 3. The van der Waals surface area contributed by atoms with Gasteiger partial charge in [-0.1, -0.05) is 351 Å². The Kier molecular flexibility index (Phi) is 68.1. The van der Waals surface area contributed by atoms with Crippen molar-refractivity contribution >= 4 is 17.9 Å². The van der Waals surface area contributed by atoms with Crippen LogP contribution in [0.15, 0.2) is 60.8 Å². The Morgan fingerprint density at radius 3 is 0.805 bits per heavy atom. The smallest absolute Gasteiger partial charge is 0.306 e. The molecule has 6 nitrogen and oxygen atoms in total. The van der Waals surface area contributed by atoms with Crippen molar-refractivity contribution in [3.63, 3.8) is 0 Å². The quantitative estimate of drug-likeness (QED) is 0.0261. The molecule has 1 atom stereocenters. The summed E-state index contributed by atoms with van der Waals surface area (Å²) in [5.41, 5.74) is 0. The zero-order chi connectivity index (χ0) is 59.2. The fourth-order valence-electron chi connectivity index (χ4n) is 10.9. The van der Waals surface area contributed by atoms with E-state index in [0.29, 0.717) is 19.3 Å². The van der Waals surface area contributed by atoms with Crippen molar-refractivity contribution in [3.05, 3.63) is 60.8 Å². The zero-order valence-corrected chi connectivity index (χ0v) is 55.0. The van der Waals surface area contributed by atoms with E-state index in [2.05, 4.69) is 81.5 Å². The number of carbonyl (C=O) groups is 3. The molecule has 0 bridgehead atoms. The Hall–Kier alpha value is -2.89. The molecule has 6 heteroatoms.